The van der Waals surface area contributed by atoms with Gasteiger partial charge in [0.1, 0.15) is 4.38 Å². The smallest absolute Gasteiger partial charge is 0.257 e. The number of benzene rings is 2. The van der Waals surface area contributed by atoms with E-state index in [9.17, 15) is 9.59 Å². The van der Waals surface area contributed by atoms with E-state index in [-0.39, 0.29) is 17.6 Å². The fraction of sp³-hybridized carbons (Fsp3) is 0.133. The molecule has 21 heavy (non-hydrogen) atoms. The SMILES string of the molecule is O=C1CSC(SCC(=O)Nc2cccc3ccccc23)=N1. The number of nitrogens with zero attached hydrogens (tertiary/aromatic N) is 1. The Morgan fingerprint density at radius 2 is 2.05 bits per heavy atom. The average molecular weight is 316 g/mol. The molecule has 2 aromatic rings. The summed E-state index contributed by atoms with van der Waals surface area (Å²) in [7, 11) is 0. The van der Waals surface area contributed by atoms with E-state index in [4.69, 9.17) is 0 Å². The zero-order chi connectivity index (χ0) is 14.7. The van der Waals surface area contributed by atoms with Crippen molar-refractivity contribution in [1.82, 2.24) is 0 Å². The Bertz CT molecular complexity index is 738. The van der Waals surface area contributed by atoms with Crippen molar-refractivity contribution in [3.05, 3.63) is 42.5 Å². The van der Waals surface area contributed by atoms with Crippen LogP contribution in [-0.4, -0.2) is 27.7 Å². The van der Waals surface area contributed by atoms with Gasteiger partial charge in [0.25, 0.3) is 5.91 Å². The van der Waals surface area contributed by atoms with E-state index in [0.717, 1.165) is 16.5 Å². The molecule has 0 saturated heterocycles. The molecule has 4 nitrogen and oxygen atoms in total. The molecule has 0 radical (unpaired) electrons. The normalized spacial score (nSPS) is 14.3. The highest BCUT2D eigenvalue weighted by molar-refractivity contribution is 8.39. The molecule has 1 N–H and O–H groups in total. The van der Waals surface area contributed by atoms with Crippen molar-refractivity contribution >= 4 is 56.2 Å². The lowest BCUT2D eigenvalue weighted by atomic mass is 10.1. The van der Waals surface area contributed by atoms with Crippen molar-refractivity contribution in [2.75, 3.05) is 16.8 Å². The van der Waals surface area contributed by atoms with Crippen molar-refractivity contribution in [2.24, 2.45) is 4.99 Å². The van der Waals surface area contributed by atoms with Gasteiger partial charge in [-0.3, -0.25) is 9.59 Å². The van der Waals surface area contributed by atoms with Crippen LogP contribution in [0.5, 0.6) is 0 Å². The van der Waals surface area contributed by atoms with Gasteiger partial charge in [0.2, 0.25) is 5.91 Å². The molecule has 0 aliphatic carbocycles. The van der Waals surface area contributed by atoms with Gasteiger partial charge in [-0.05, 0) is 11.5 Å². The highest BCUT2D eigenvalue weighted by Crippen LogP contribution is 2.25. The number of carbonyl (C=O) groups excluding carboxylic acids is 2. The molecule has 0 fully saturated rings. The van der Waals surface area contributed by atoms with Crippen LogP contribution in [0.15, 0.2) is 47.5 Å². The minimum atomic E-state index is -0.128. The number of thioether (sulfide) groups is 2. The third kappa shape index (κ3) is 3.46. The summed E-state index contributed by atoms with van der Waals surface area (Å²) in [6.07, 6.45) is 0. The number of carbonyl (C=O) groups is 2. The predicted octanol–water partition coefficient (Wildman–Crippen LogP) is 3.14. The predicted molar refractivity (Wildman–Crippen MR) is 89.9 cm³/mol. The molecule has 2 amide bonds. The zero-order valence-electron chi connectivity index (χ0n) is 11.0. The number of rotatable bonds is 3. The average Bonchev–Trinajstić information content (AvgIpc) is 2.91. The van der Waals surface area contributed by atoms with Crippen LogP contribution < -0.4 is 5.32 Å². The standard InChI is InChI=1S/C15H12N2O2S2/c18-13(8-20-15-17-14(19)9-21-15)16-12-7-3-5-10-4-1-2-6-11(10)12/h1-7H,8-9H2,(H,16,18). The molecule has 3 rings (SSSR count). The molecule has 0 saturated carbocycles. The van der Waals surface area contributed by atoms with Gasteiger partial charge in [0.05, 0.1) is 11.5 Å². The van der Waals surface area contributed by atoms with Gasteiger partial charge >= 0.3 is 0 Å². The maximum absolute atomic E-state index is 12.0. The number of amides is 2. The van der Waals surface area contributed by atoms with E-state index in [1.54, 1.807) is 0 Å². The highest BCUT2D eigenvalue weighted by atomic mass is 32.2. The van der Waals surface area contributed by atoms with E-state index in [2.05, 4.69) is 10.3 Å². The molecule has 1 aliphatic rings. The lowest BCUT2D eigenvalue weighted by Crippen LogP contribution is -2.14. The Labute approximate surface area is 130 Å². The molecule has 0 aromatic heterocycles. The number of aliphatic imine (C=N–C) groups is 1. The van der Waals surface area contributed by atoms with Crippen LogP contribution in [0.25, 0.3) is 10.8 Å². The van der Waals surface area contributed by atoms with Crippen LogP contribution in [-0.2, 0) is 9.59 Å². The lowest BCUT2D eigenvalue weighted by Gasteiger charge is -2.08. The molecule has 0 bridgehead atoms. The summed E-state index contributed by atoms with van der Waals surface area (Å²) in [4.78, 5) is 26.9. The van der Waals surface area contributed by atoms with E-state index in [0.29, 0.717) is 10.1 Å². The second kappa shape index (κ2) is 6.32. The van der Waals surface area contributed by atoms with Crippen molar-refractivity contribution in [2.45, 2.75) is 0 Å². The molecule has 1 aliphatic heterocycles. The van der Waals surface area contributed by atoms with Crippen LogP contribution in [0, 0.1) is 0 Å². The summed E-state index contributed by atoms with van der Waals surface area (Å²) < 4.78 is 0.674. The third-order valence-corrected chi connectivity index (χ3v) is 5.11. The van der Waals surface area contributed by atoms with Crippen LogP contribution in [0.3, 0.4) is 0 Å². The first-order chi connectivity index (χ1) is 10.2. The molecular formula is C15H12N2O2S2. The van der Waals surface area contributed by atoms with Gasteiger partial charge in [-0.25, -0.2) is 0 Å². The molecular weight excluding hydrogens is 304 g/mol. The fourth-order valence-corrected chi connectivity index (χ4v) is 3.67. The molecule has 1 heterocycles. The minimum absolute atomic E-state index is 0.0981. The first kappa shape index (κ1) is 14.2. The monoisotopic (exact) mass is 316 g/mol. The van der Waals surface area contributed by atoms with E-state index < -0.39 is 0 Å². The second-order valence-corrected chi connectivity index (χ2v) is 6.61. The Balaban J connectivity index is 1.66. The second-order valence-electron chi connectivity index (χ2n) is 4.42. The molecule has 0 atom stereocenters. The summed E-state index contributed by atoms with van der Waals surface area (Å²) >= 11 is 2.69. The number of nitrogens with one attached hydrogen (secondary N) is 1. The number of hydrogen-bond acceptors (Lipinski definition) is 4. The maximum Gasteiger partial charge on any atom is 0.257 e. The van der Waals surface area contributed by atoms with E-state index in [1.807, 2.05) is 42.5 Å². The van der Waals surface area contributed by atoms with Gasteiger partial charge in [-0.1, -0.05) is 59.9 Å². The highest BCUT2D eigenvalue weighted by Gasteiger charge is 2.16. The maximum atomic E-state index is 12.0. The molecule has 6 heteroatoms. The van der Waals surface area contributed by atoms with Crippen molar-refractivity contribution in [3.63, 3.8) is 0 Å². The van der Waals surface area contributed by atoms with Crippen LogP contribution >= 0.6 is 23.5 Å². The van der Waals surface area contributed by atoms with E-state index in [1.165, 1.54) is 23.5 Å². The Kier molecular flexibility index (Phi) is 4.26. The zero-order valence-corrected chi connectivity index (χ0v) is 12.7. The van der Waals surface area contributed by atoms with Gasteiger partial charge in [0.15, 0.2) is 0 Å². The van der Waals surface area contributed by atoms with Crippen LogP contribution in [0.2, 0.25) is 0 Å². The van der Waals surface area contributed by atoms with E-state index >= 15 is 0 Å². The quantitative estimate of drug-likeness (QED) is 0.945. The number of fused-ring (bicyclic) bond motifs is 1. The van der Waals surface area contributed by atoms with Crippen LogP contribution in [0.4, 0.5) is 5.69 Å². The van der Waals surface area contributed by atoms with Crippen molar-refractivity contribution < 1.29 is 9.59 Å². The summed E-state index contributed by atoms with van der Waals surface area (Å²) in [5.41, 5.74) is 0.802. The van der Waals surface area contributed by atoms with Crippen LogP contribution in [0.1, 0.15) is 0 Å². The fourth-order valence-electron chi connectivity index (χ4n) is 2.01. The Morgan fingerprint density at radius 3 is 2.86 bits per heavy atom. The molecule has 106 valence electrons. The summed E-state index contributed by atoms with van der Waals surface area (Å²) in [6, 6.07) is 13.7. The summed E-state index contributed by atoms with van der Waals surface area (Å²) in [6.45, 7) is 0. The van der Waals surface area contributed by atoms with Crippen molar-refractivity contribution in [3.8, 4) is 0 Å². The molecule has 0 spiro atoms. The first-order valence-electron chi connectivity index (χ1n) is 6.37. The minimum Gasteiger partial charge on any atom is -0.325 e. The Morgan fingerprint density at radius 1 is 1.24 bits per heavy atom. The third-order valence-electron chi connectivity index (χ3n) is 2.93. The number of hydrogen-bond donors (Lipinski definition) is 1. The summed E-state index contributed by atoms with van der Waals surface area (Å²) in [5.74, 6) is 0.409. The van der Waals surface area contributed by atoms with Crippen molar-refractivity contribution in [1.29, 1.82) is 0 Å². The molecule has 2 aromatic carbocycles. The number of anilines is 1. The van der Waals surface area contributed by atoms with Gasteiger partial charge in [-0.2, -0.15) is 4.99 Å². The van der Waals surface area contributed by atoms with Gasteiger partial charge in [0, 0.05) is 11.1 Å². The topological polar surface area (TPSA) is 58.5 Å². The lowest BCUT2D eigenvalue weighted by molar-refractivity contribution is -0.115. The first-order valence-corrected chi connectivity index (χ1v) is 8.34. The largest absolute Gasteiger partial charge is 0.325 e. The molecule has 0 unspecified atom stereocenters. The van der Waals surface area contributed by atoms with Gasteiger partial charge < -0.3 is 5.32 Å². The van der Waals surface area contributed by atoms with Gasteiger partial charge in [-0.15, -0.1) is 0 Å². The Hall–Kier alpha value is -1.79. The summed E-state index contributed by atoms with van der Waals surface area (Å²) in [5, 5.41) is 5.01.